The minimum atomic E-state index is -1.97. The largest absolute Gasteiger partial charge is 0.481 e. The van der Waals surface area contributed by atoms with Gasteiger partial charge in [-0.25, -0.2) is 4.79 Å². The molecule has 15 amide bonds. The molecule has 11 atom stereocenters. The van der Waals surface area contributed by atoms with Crippen molar-refractivity contribution in [3.63, 3.8) is 0 Å². The number of allylic oxidation sites excluding steroid dienone is 4. The minimum Gasteiger partial charge on any atom is -0.481 e. The second kappa shape index (κ2) is 54.6. The van der Waals surface area contributed by atoms with E-state index in [1.165, 1.54) is 17.3 Å². The SMILES string of the molecule is COC(=O)[C@H](CSC/C=C(\C)CC/C=C(\C)CC/C=C(/C)CO)NC(=O)CNC(=O)CNC(=O)CNC(=O)[C@H](CO)NC(=O)[C@H](CO)NC(=O)[C@H](C)NC(=O)CNC(=O)[C@@H]1CCCN1C(=O)[C@H](CC(=O)O)NC(=O)[C@H](CCCN=C(N)N)NC(=O)[C@H](CO)NC(=O)[C@H](CO)NC(=O)CNC(=O)[C@H](CO)NC(=O)[C@@H](N)CC(=O)O. The van der Waals surface area contributed by atoms with E-state index in [9.17, 15) is 117 Å². The molecule has 0 bridgehead atoms. The Morgan fingerprint density at radius 2 is 0.912 bits per heavy atom. The lowest BCUT2D eigenvalue weighted by molar-refractivity contribution is -0.146. The lowest BCUT2D eigenvalue weighted by Crippen LogP contribution is -2.60. The highest BCUT2D eigenvalue weighted by atomic mass is 32.2. The maximum atomic E-state index is 14.1. The van der Waals surface area contributed by atoms with Gasteiger partial charge in [0.25, 0.3) is 0 Å². The number of esters is 1. The first-order valence-electron chi connectivity index (χ1n) is 35.3. The standard InChI is InChI=1S/C66H107N19O27S/c1-34(11-7-13-36(3)27-86)10-6-12-35(2)16-19-113-33-46(65(111)112-5)78-51(95)24-72-48(92)22-71-49(93)23-73-58(104)42(29-88)83-62(108)44(31-90)81-55(101)37(4)76-50(94)25-75-63(109)47-15-9-18-85(47)64(110)40(21-54(99)100)80-59(105)39(14-8-17-70-66(68)69)79-61(107)45(32-91)84-60(106)43(30-89)77-52(96)26-74-57(103)41(28-87)82-56(102)38(67)20-53(97)98/h10,13,16,37-47,86-91H,6-9,11-12,14-15,17-33,67H2,1-5H3,(H,71,93)(H,72,92)(H,73,104)(H,74,103)(H,75,109)(H,76,94)(H,77,96)(H,78,95)(H,79,107)(H,80,105)(H,81,101)(H,82,102)(H,83,108)(H,84,106)(H,97,98)(H,99,100)(H4,68,69,70)/b34-10+,35-16+,36-13-/t37-,38-,39-,40-,41-,42-,43-,44-,45-,46-,47-/m0/s1. The smallest absolute Gasteiger partial charge is 0.329 e. The summed E-state index contributed by atoms with van der Waals surface area (Å²) < 4.78 is 4.81. The number of likely N-dealkylation sites (tertiary alicyclic amines) is 1. The number of ether oxygens (including phenoxy) is 1. The fourth-order valence-corrected chi connectivity index (χ4v) is 10.8. The molecule has 46 nitrogen and oxygen atoms in total. The Kier molecular flexibility index (Phi) is 48.4. The number of aliphatic imine (C=N–C) groups is 1. The third-order valence-corrected chi connectivity index (χ3v) is 17.1. The number of carboxylic acids is 2. The highest BCUT2D eigenvalue weighted by Gasteiger charge is 2.40. The Hall–Kier alpha value is -11.0. The molecule has 0 radical (unpaired) electrons. The number of rotatable bonds is 54. The van der Waals surface area contributed by atoms with E-state index in [2.05, 4.69) is 71.2 Å². The van der Waals surface area contributed by atoms with Crippen LogP contribution in [0.4, 0.5) is 0 Å². The summed E-state index contributed by atoms with van der Waals surface area (Å²) in [6, 6.07) is -18.5. The van der Waals surface area contributed by atoms with Crippen LogP contribution in [0, 0.1) is 0 Å². The van der Waals surface area contributed by atoms with Gasteiger partial charge in [-0.15, -0.1) is 0 Å². The van der Waals surface area contributed by atoms with Crippen LogP contribution in [0.15, 0.2) is 39.9 Å². The molecule has 0 spiro atoms. The fraction of sp³-hybridized carbons (Fsp3) is 0.621. The van der Waals surface area contributed by atoms with Crippen LogP contribution in [0.25, 0.3) is 0 Å². The number of carboxylic acid groups (broad SMARTS) is 2. The number of hydrogen-bond donors (Lipinski definition) is 25. The molecule has 0 aromatic carbocycles. The number of nitrogens with one attached hydrogen (secondary N) is 14. The van der Waals surface area contributed by atoms with Crippen LogP contribution in [-0.4, -0.2) is 329 Å². The molecular formula is C66H107N19O27S. The van der Waals surface area contributed by atoms with Gasteiger partial charge in [0.15, 0.2) is 5.96 Å². The number of nitrogens with two attached hydrogens (primary N) is 3. The van der Waals surface area contributed by atoms with Gasteiger partial charge in [0.1, 0.15) is 60.4 Å². The van der Waals surface area contributed by atoms with Crippen molar-refractivity contribution in [2.45, 2.75) is 158 Å². The van der Waals surface area contributed by atoms with Gasteiger partial charge < -0.3 is 142 Å². The van der Waals surface area contributed by atoms with Gasteiger partial charge in [0.05, 0.1) is 98.4 Å². The number of carbonyl (C=O) groups excluding carboxylic acids is 16. The van der Waals surface area contributed by atoms with Crippen molar-refractivity contribution in [3.05, 3.63) is 34.9 Å². The molecule has 1 aliphatic heterocycles. The van der Waals surface area contributed by atoms with E-state index >= 15 is 0 Å². The summed E-state index contributed by atoms with van der Waals surface area (Å²) >= 11 is 1.36. The topological polar surface area (TPSA) is 740 Å². The van der Waals surface area contributed by atoms with Crippen LogP contribution in [0.3, 0.4) is 0 Å². The second-order valence-electron chi connectivity index (χ2n) is 25.4. The first-order chi connectivity index (χ1) is 53.4. The summed E-state index contributed by atoms with van der Waals surface area (Å²) in [4.78, 5) is 236. The Morgan fingerprint density at radius 1 is 0.496 bits per heavy atom. The number of nitrogens with zero attached hydrogens (tertiary/aromatic N) is 2. The third kappa shape index (κ3) is 40.7. The molecule has 1 rings (SSSR count). The molecular weight excluding hydrogens is 1520 g/mol. The van der Waals surface area contributed by atoms with E-state index in [-0.39, 0.29) is 57.1 Å². The molecule has 28 N–H and O–H groups in total. The van der Waals surface area contributed by atoms with E-state index < -0.39 is 252 Å². The summed E-state index contributed by atoms with van der Waals surface area (Å²) in [6.07, 6.45) is 7.20. The lowest BCUT2D eigenvalue weighted by atomic mass is 10.1. The molecule has 634 valence electrons. The molecule has 1 heterocycles. The summed E-state index contributed by atoms with van der Waals surface area (Å²) in [5.74, 6) is -20.1. The van der Waals surface area contributed by atoms with Crippen molar-refractivity contribution in [2.24, 2.45) is 22.2 Å². The Balaban J connectivity index is 2.88. The van der Waals surface area contributed by atoms with Gasteiger partial charge in [-0.3, -0.25) is 86.5 Å². The van der Waals surface area contributed by atoms with Gasteiger partial charge in [-0.1, -0.05) is 34.9 Å². The number of hydrogen-bond acceptors (Lipinski definition) is 28. The molecule has 0 aromatic rings. The van der Waals surface area contributed by atoms with Gasteiger partial charge in [0.2, 0.25) is 88.6 Å². The number of aliphatic hydroxyl groups excluding tert-OH is 6. The number of guanidine groups is 1. The van der Waals surface area contributed by atoms with E-state index in [0.29, 0.717) is 5.75 Å². The molecule has 1 fully saturated rings. The maximum absolute atomic E-state index is 14.1. The second-order valence-corrected chi connectivity index (χ2v) is 26.5. The maximum Gasteiger partial charge on any atom is 0.329 e. The van der Waals surface area contributed by atoms with Crippen molar-refractivity contribution < 1.29 is 132 Å². The Labute approximate surface area is 652 Å². The summed E-state index contributed by atoms with van der Waals surface area (Å²) in [7, 11) is 1.15. The fourth-order valence-electron chi connectivity index (χ4n) is 9.82. The number of methoxy groups -OCH3 is 1. The highest BCUT2D eigenvalue weighted by molar-refractivity contribution is 7.99. The zero-order chi connectivity index (χ0) is 85.4. The van der Waals surface area contributed by atoms with Crippen LogP contribution in [0.5, 0.6) is 0 Å². The first kappa shape index (κ1) is 100. The van der Waals surface area contributed by atoms with Crippen LogP contribution >= 0.6 is 11.8 Å². The molecule has 0 aromatic heterocycles. The minimum absolute atomic E-state index is 0.0326. The molecule has 0 unspecified atom stereocenters. The molecule has 1 saturated heterocycles. The molecule has 0 aliphatic carbocycles. The van der Waals surface area contributed by atoms with E-state index in [0.717, 1.165) is 55.8 Å². The van der Waals surface area contributed by atoms with Crippen molar-refractivity contribution in [2.75, 3.05) is 104 Å². The molecule has 47 heteroatoms. The van der Waals surface area contributed by atoms with Crippen molar-refractivity contribution in [1.82, 2.24) is 79.3 Å². The summed E-state index contributed by atoms with van der Waals surface area (Å²) in [5, 5.41) is 108. The highest BCUT2D eigenvalue weighted by Crippen LogP contribution is 2.20. The Morgan fingerprint density at radius 3 is 1.42 bits per heavy atom. The average molecular weight is 1630 g/mol. The normalized spacial score (nSPS) is 15.4. The van der Waals surface area contributed by atoms with E-state index in [1.54, 1.807) is 0 Å². The third-order valence-electron chi connectivity index (χ3n) is 16.1. The van der Waals surface area contributed by atoms with Gasteiger partial charge in [0, 0.05) is 24.6 Å². The predicted octanol–water partition coefficient (Wildman–Crippen LogP) is -12.5. The van der Waals surface area contributed by atoms with Crippen molar-refractivity contribution in [3.8, 4) is 0 Å². The number of carbonyl (C=O) groups is 18. The zero-order valence-electron chi connectivity index (χ0n) is 63.1. The Bertz CT molecular complexity index is 3430. The van der Waals surface area contributed by atoms with Crippen LogP contribution in [0.1, 0.15) is 91.9 Å². The van der Waals surface area contributed by atoms with Crippen molar-refractivity contribution in [1.29, 1.82) is 0 Å². The quantitative estimate of drug-likeness (QED) is 0.00884. The van der Waals surface area contributed by atoms with Crippen LogP contribution < -0.4 is 91.6 Å². The van der Waals surface area contributed by atoms with Crippen LogP contribution in [0.2, 0.25) is 0 Å². The summed E-state index contributed by atoms with van der Waals surface area (Å²) in [6.45, 7) is -2.83. The van der Waals surface area contributed by atoms with Crippen molar-refractivity contribution >= 4 is 124 Å². The molecule has 113 heavy (non-hydrogen) atoms. The van der Waals surface area contributed by atoms with E-state index in [1.807, 2.05) is 47.3 Å². The van der Waals surface area contributed by atoms with Gasteiger partial charge in [-0.05, 0) is 79.1 Å². The predicted molar refractivity (Wildman–Crippen MR) is 397 cm³/mol. The number of aliphatic carboxylic acids is 2. The van der Waals surface area contributed by atoms with E-state index in [4.69, 9.17) is 32.2 Å². The zero-order valence-corrected chi connectivity index (χ0v) is 63.9. The number of amides is 15. The summed E-state index contributed by atoms with van der Waals surface area (Å²) in [5.41, 5.74) is 19.5. The molecule has 1 aliphatic rings. The van der Waals surface area contributed by atoms with Gasteiger partial charge in [-0.2, -0.15) is 11.8 Å². The first-order valence-corrected chi connectivity index (χ1v) is 36.4. The molecule has 0 saturated carbocycles. The lowest BCUT2D eigenvalue weighted by Gasteiger charge is -2.29. The van der Waals surface area contributed by atoms with Gasteiger partial charge >= 0.3 is 17.9 Å². The van der Waals surface area contributed by atoms with Crippen LogP contribution in [-0.2, 0) is 91.0 Å². The number of thioether (sulfide) groups is 1. The number of aliphatic hydroxyl groups is 6. The monoisotopic (exact) mass is 1630 g/mol. The average Bonchev–Trinajstić information content (AvgIpc) is 1.74.